The summed E-state index contributed by atoms with van der Waals surface area (Å²) in [7, 11) is 0. The Kier molecular flexibility index (Phi) is 3.53. The Balaban J connectivity index is 2.27. The molecule has 0 aliphatic carbocycles. The van der Waals surface area contributed by atoms with E-state index in [-0.39, 0.29) is 21.5 Å². The smallest absolute Gasteiger partial charge is 0.286 e. The third-order valence-corrected chi connectivity index (χ3v) is 3.37. The molecule has 1 aromatic heterocycles. The molecule has 0 unspecified atom stereocenters. The number of para-hydroxylation sites is 1. The summed E-state index contributed by atoms with van der Waals surface area (Å²) in [6.45, 7) is 6.29. The number of rotatable bonds is 2. The zero-order valence-corrected chi connectivity index (χ0v) is 11.9. The van der Waals surface area contributed by atoms with Gasteiger partial charge in [0.25, 0.3) is 5.91 Å². The van der Waals surface area contributed by atoms with Crippen molar-refractivity contribution < 1.29 is 4.79 Å². The first-order valence-corrected chi connectivity index (χ1v) is 6.69. The number of nitrogens with one attached hydrogen (secondary N) is 1. The zero-order chi connectivity index (χ0) is 14.0. The van der Waals surface area contributed by atoms with Crippen LogP contribution in [0.2, 0.25) is 0 Å². The molecule has 6 heteroatoms. The summed E-state index contributed by atoms with van der Waals surface area (Å²) in [5.74, 6) is -0.286. The Bertz CT molecular complexity index is 601. The van der Waals surface area contributed by atoms with Crippen LogP contribution in [0.3, 0.4) is 0 Å². The molecule has 19 heavy (non-hydrogen) atoms. The summed E-state index contributed by atoms with van der Waals surface area (Å²) in [6, 6.07) is 7.73. The number of aromatic nitrogens is 2. The molecule has 100 valence electrons. The highest BCUT2D eigenvalue weighted by Gasteiger charge is 2.20. The van der Waals surface area contributed by atoms with E-state index in [1.807, 2.05) is 24.3 Å². The van der Waals surface area contributed by atoms with Gasteiger partial charge < -0.3 is 11.1 Å². The molecule has 0 radical (unpaired) electrons. The van der Waals surface area contributed by atoms with Gasteiger partial charge >= 0.3 is 0 Å². The van der Waals surface area contributed by atoms with Crippen LogP contribution in [0.5, 0.6) is 0 Å². The molecular formula is C13H16N4OS. The second kappa shape index (κ2) is 4.97. The van der Waals surface area contributed by atoms with Gasteiger partial charge in [0.2, 0.25) is 10.1 Å². The lowest BCUT2D eigenvalue weighted by atomic mass is 9.86. The number of carbonyl (C=O) groups excluding carboxylic acids is 1. The minimum atomic E-state index is -0.286. The van der Waals surface area contributed by atoms with Crippen molar-refractivity contribution in [3.05, 3.63) is 34.8 Å². The van der Waals surface area contributed by atoms with Gasteiger partial charge in [0.05, 0.1) is 0 Å². The predicted molar refractivity (Wildman–Crippen MR) is 77.4 cm³/mol. The molecule has 1 heterocycles. The first-order valence-electron chi connectivity index (χ1n) is 5.88. The molecule has 0 atom stereocenters. The number of nitrogens with zero attached hydrogens (tertiary/aromatic N) is 2. The molecule has 2 aromatic rings. The van der Waals surface area contributed by atoms with Crippen LogP contribution < -0.4 is 11.1 Å². The van der Waals surface area contributed by atoms with Gasteiger partial charge in [-0.05, 0) is 17.0 Å². The average molecular weight is 276 g/mol. The van der Waals surface area contributed by atoms with Crippen molar-refractivity contribution in [3.8, 4) is 0 Å². The second-order valence-electron chi connectivity index (χ2n) is 5.20. The van der Waals surface area contributed by atoms with E-state index in [0.717, 1.165) is 22.6 Å². The summed E-state index contributed by atoms with van der Waals surface area (Å²) in [6.07, 6.45) is 0. The van der Waals surface area contributed by atoms with Gasteiger partial charge in [-0.2, -0.15) is 0 Å². The minimum Gasteiger partial charge on any atom is -0.374 e. The van der Waals surface area contributed by atoms with Crippen LogP contribution in [0.1, 0.15) is 36.1 Å². The van der Waals surface area contributed by atoms with E-state index in [9.17, 15) is 4.79 Å². The summed E-state index contributed by atoms with van der Waals surface area (Å²) in [5.41, 5.74) is 7.28. The molecule has 5 nitrogen and oxygen atoms in total. The van der Waals surface area contributed by atoms with Crippen molar-refractivity contribution in [2.75, 3.05) is 11.1 Å². The highest BCUT2D eigenvalue weighted by atomic mass is 32.1. The Labute approximate surface area is 115 Å². The largest absolute Gasteiger partial charge is 0.374 e. The molecule has 0 spiro atoms. The van der Waals surface area contributed by atoms with Gasteiger partial charge in [-0.25, -0.2) is 0 Å². The van der Waals surface area contributed by atoms with Crippen LogP contribution >= 0.6 is 11.3 Å². The maximum absolute atomic E-state index is 12.0. The van der Waals surface area contributed by atoms with Gasteiger partial charge in [0.15, 0.2) is 0 Å². The lowest BCUT2D eigenvalue weighted by Crippen LogP contribution is -2.18. The molecule has 0 aliphatic heterocycles. The fourth-order valence-electron chi connectivity index (χ4n) is 1.75. The molecule has 1 amide bonds. The fraction of sp³-hybridized carbons (Fsp3) is 0.308. The average Bonchev–Trinajstić information content (AvgIpc) is 2.75. The van der Waals surface area contributed by atoms with E-state index in [1.54, 1.807) is 0 Å². The van der Waals surface area contributed by atoms with Crippen molar-refractivity contribution in [2.24, 2.45) is 0 Å². The summed E-state index contributed by atoms with van der Waals surface area (Å²) in [5, 5.41) is 10.8. The topological polar surface area (TPSA) is 80.9 Å². The third kappa shape index (κ3) is 3.08. The second-order valence-corrected chi connectivity index (χ2v) is 6.20. The van der Waals surface area contributed by atoms with Crippen molar-refractivity contribution in [2.45, 2.75) is 26.2 Å². The van der Waals surface area contributed by atoms with E-state index < -0.39 is 0 Å². The van der Waals surface area contributed by atoms with Crippen LogP contribution in [-0.4, -0.2) is 16.1 Å². The van der Waals surface area contributed by atoms with E-state index in [1.165, 1.54) is 0 Å². The van der Waals surface area contributed by atoms with Gasteiger partial charge in [-0.15, -0.1) is 10.2 Å². The normalized spacial score (nSPS) is 11.3. The molecule has 1 aromatic carbocycles. The van der Waals surface area contributed by atoms with Crippen molar-refractivity contribution in [1.29, 1.82) is 0 Å². The molecule has 0 saturated heterocycles. The Morgan fingerprint density at radius 1 is 1.26 bits per heavy atom. The Hall–Kier alpha value is -1.95. The van der Waals surface area contributed by atoms with Crippen LogP contribution in [-0.2, 0) is 5.41 Å². The number of hydrogen-bond donors (Lipinski definition) is 2. The lowest BCUT2D eigenvalue weighted by Gasteiger charge is -2.22. The van der Waals surface area contributed by atoms with Crippen molar-refractivity contribution in [1.82, 2.24) is 10.2 Å². The molecule has 0 aliphatic rings. The number of hydrogen-bond acceptors (Lipinski definition) is 5. The van der Waals surface area contributed by atoms with Crippen LogP contribution in [0.4, 0.5) is 10.8 Å². The monoisotopic (exact) mass is 276 g/mol. The summed E-state index contributed by atoms with van der Waals surface area (Å²) in [4.78, 5) is 12.0. The van der Waals surface area contributed by atoms with Gasteiger partial charge in [0, 0.05) is 5.69 Å². The molecule has 0 saturated carbocycles. The number of nitrogens with two attached hydrogens (primary N) is 1. The van der Waals surface area contributed by atoms with E-state index in [4.69, 9.17) is 5.73 Å². The molecule has 0 bridgehead atoms. The summed E-state index contributed by atoms with van der Waals surface area (Å²) >= 11 is 1.07. The van der Waals surface area contributed by atoms with Crippen LogP contribution in [0, 0.1) is 0 Å². The van der Waals surface area contributed by atoms with Crippen LogP contribution in [0.15, 0.2) is 24.3 Å². The first kappa shape index (κ1) is 13.5. The minimum absolute atomic E-state index is 0.0516. The maximum Gasteiger partial charge on any atom is 0.286 e. The fourth-order valence-corrected chi connectivity index (χ4v) is 2.25. The SMILES string of the molecule is CC(C)(C)c1ccccc1NC(=O)c1nnc(N)s1. The third-order valence-electron chi connectivity index (χ3n) is 2.62. The predicted octanol–water partition coefficient (Wildman–Crippen LogP) is 2.67. The molecular weight excluding hydrogens is 260 g/mol. The molecule has 3 N–H and O–H groups in total. The van der Waals surface area contributed by atoms with Gasteiger partial charge in [0.1, 0.15) is 0 Å². The lowest BCUT2D eigenvalue weighted by molar-refractivity contribution is 0.102. The number of nitrogen functional groups attached to an aromatic ring is 1. The zero-order valence-electron chi connectivity index (χ0n) is 11.1. The first-order chi connectivity index (χ1) is 8.88. The van der Waals surface area contributed by atoms with Crippen LogP contribution in [0.25, 0.3) is 0 Å². The number of anilines is 2. The Morgan fingerprint density at radius 2 is 1.95 bits per heavy atom. The van der Waals surface area contributed by atoms with E-state index in [0.29, 0.717) is 0 Å². The maximum atomic E-state index is 12.0. The molecule has 0 fully saturated rings. The number of carbonyl (C=O) groups is 1. The highest BCUT2D eigenvalue weighted by Crippen LogP contribution is 2.29. The van der Waals surface area contributed by atoms with Crippen molar-refractivity contribution in [3.63, 3.8) is 0 Å². The van der Waals surface area contributed by atoms with Gasteiger partial charge in [-0.3, -0.25) is 4.79 Å². The quantitative estimate of drug-likeness (QED) is 0.883. The highest BCUT2D eigenvalue weighted by molar-refractivity contribution is 7.16. The van der Waals surface area contributed by atoms with Crippen molar-refractivity contribution >= 4 is 28.1 Å². The molecule has 2 rings (SSSR count). The van der Waals surface area contributed by atoms with E-state index >= 15 is 0 Å². The summed E-state index contributed by atoms with van der Waals surface area (Å²) < 4.78 is 0. The number of amides is 1. The standard InChI is InChI=1S/C13H16N4OS/c1-13(2,3)8-6-4-5-7-9(8)15-10(18)11-16-17-12(14)19-11/h4-7H,1-3H3,(H2,14,17)(H,15,18). The Morgan fingerprint density at radius 3 is 2.53 bits per heavy atom. The number of benzene rings is 1. The van der Waals surface area contributed by atoms with E-state index in [2.05, 4.69) is 36.3 Å². The van der Waals surface area contributed by atoms with Gasteiger partial charge in [-0.1, -0.05) is 50.3 Å².